The summed E-state index contributed by atoms with van der Waals surface area (Å²) in [6, 6.07) is 0.152. The Labute approximate surface area is 288 Å². The molecular formula is C42H66N4O. The number of piperidine rings is 1. The number of nitrogens with one attached hydrogen (secondary N) is 3. The Morgan fingerprint density at radius 2 is 1.79 bits per heavy atom. The third-order valence-electron chi connectivity index (χ3n) is 11.1. The molecule has 1 saturated carbocycles. The lowest BCUT2D eigenvalue weighted by atomic mass is 9.77. The van der Waals surface area contributed by atoms with Crippen LogP contribution in [0, 0.1) is 34.5 Å². The molecule has 3 N–H and O–H groups in total. The van der Waals surface area contributed by atoms with E-state index < -0.39 is 0 Å². The normalized spacial score (nSPS) is 26.7. The van der Waals surface area contributed by atoms with Crippen LogP contribution < -0.4 is 16.0 Å². The van der Waals surface area contributed by atoms with Gasteiger partial charge in [-0.25, -0.2) is 0 Å². The van der Waals surface area contributed by atoms with Crippen LogP contribution in [0.25, 0.3) is 0 Å². The Bertz CT molecular complexity index is 1280. The van der Waals surface area contributed by atoms with Crippen molar-refractivity contribution >= 4 is 6.29 Å². The molecule has 0 spiro atoms. The van der Waals surface area contributed by atoms with E-state index in [4.69, 9.17) is 6.58 Å². The number of fused-ring (bicyclic) bond motifs is 1. The smallest absolute Gasteiger partial charge is 0.147 e. The van der Waals surface area contributed by atoms with Crippen LogP contribution >= 0.6 is 0 Å². The third kappa shape index (κ3) is 9.24. The first kappa shape index (κ1) is 38.2. The molecule has 5 heteroatoms. The molecule has 1 heterocycles. The van der Waals surface area contributed by atoms with Gasteiger partial charge in [-0.05, 0) is 80.5 Å². The highest BCUT2D eigenvalue weighted by Crippen LogP contribution is 2.66. The summed E-state index contributed by atoms with van der Waals surface area (Å²) in [5, 5.41) is 11.3. The molecule has 260 valence electrons. The quantitative estimate of drug-likeness (QED) is 0.0746. The second-order valence-corrected chi connectivity index (χ2v) is 16.2. The zero-order valence-corrected chi connectivity index (χ0v) is 31.1. The maximum Gasteiger partial charge on any atom is 0.147 e. The van der Waals surface area contributed by atoms with E-state index >= 15 is 0 Å². The van der Waals surface area contributed by atoms with Gasteiger partial charge in [-0.15, -0.1) is 6.58 Å². The van der Waals surface area contributed by atoms with E-state index in [0.717, 1.165) is 68.6 Å². The van der Waals surface area contributed by atoms with Crippen molar-refractivity contribution in [2.45, 2.75) is 118 Å². The molecule has 3 aliphatic rings. The molecule has 0 radical (unpaired) electrons. The lowest BCUT2D eigenvalue weighted by Crippen LogP contribution is -2.52. The minimum absolute atomic E-state index is 0.0412. The zero-order valence-electron chi connectivity index (χ0n) is 31.1. The summed E-state index contributed by atoms with van der Waals surface area (Å²) in [5.74, 6) is 2.48. The minimum Gasteiger partial charge on any atom is -0.380 e. The molecule has 1 aliphatic heterocycles. The van der Waals surface area contributed by atoms with Crippen molar-refractivity contribution < 1.29 is 4.79 Å². The fourth-order valence-corrected chi connectivity index (χ4v) is 8.15. The summed E-state index contributed by atoms with van der Waals surface area (Å²) in [6.07, 6.45) is 15.4. The molecule has 2 fully saturated rings. The van der Waals surface area contributed by atoms with Gasteiger partial charge < -0.3 is 20.9 Å². The van der Waals surface area contributed by atoms with Crippen molar-refractivity contribution in [1.82, 2.24) is 20.9 Å². The summed E-state index contributed by atoms with van der Waals surface area (Å²) in [7, 11) is 0. The van der Waals surface area contributed by atoms with E-state index in [0.29, 0.717) is 29.2 Å². The van der Waals surface area contributed by atoms with Crippen molar-refractivity contribution in [1.29, 1.82) is 0 Å². The number of aldehydes is 1. The largest absolute Gasteiger partial charge is 0.380 e. The molecule has 0 bridgehead atoms. The third-order valence-corrected chi connectivity index (χ3v) is 11.1. The van der Waals surface area contributed by atoms with Gasteiger partial charge >= 0.3 is 0 Å². The molecule has 8 atom stereocenters. The number of rotatable bonds is 19. The summed E-state index contributed by atoms with van der Waals surface area (Å²) in [4.78, 5) is 14.2. The predicted octanol–water partition coefficient (Wildman–Crippen LogP) is 8.99. The molecule has 0 aromatic carbocycles. The van der Waals surface area contributed by atoms with E-state index in [1.165, 1.54) is 11.1 Å². The van der Waals surface area contributed by atoms with Crippen LogP contribution in [0.1, 0.15) is 93.9 Å². The first-order valence-electron chi connectivity index (χ1n) is 17.9. The summed E-state index contributed by atoms with van der Waals surface area (Å²) in [6.45, 7) is 45.2. The zero-order chi connectivity index (χ0) is 35.3. The molecule has 3 rings (SSSR count). The second kappa shape index (κ2) is 15.8. The number of nitrogens with zero attached hydrogens (tertiary/aromatic N) is 1. The monoisotopic (exact) mass is 643 g/mol. The van der Waals surface area contributed by atoms with E-state index in [-0.39, 0.29) is 35.0 Å². The highest BCUT2D eigenvalue weighted by molar-refractivity contribution is 5.74. The first-order chi connectivity index (χ1) is 22.0. The molecule has 47 heavy (non-hydrogen) atoms. The van der Waals surface area contributed by atoms with Crippen molar-refractivity contribution in [3.8, 4) is 0 Å². The van der Waals surface area contributed by atoms with Crippen molar-refractivity contribution in [3.63, 3.8) is 0 Å². The van der Waals surface area contributed by atoms with Gasteiger partial charge in [0.15, 0.2) is 0 Å². The Balaban J connectivity index is 1.97. The van der Waals surface area contributed by atoms with Crippen LogP contribution in [0.3, 0.4) is 0 Å². The Morgan fingerprint density at radius 3 is 2.34 bits per heavy atom. The predicted molar refractivity (Wildman–Crippen MR) is 202 cm³/mol. The lowest BCUT2D eigenvalue weighted by molar-refractivity contribution is -0.105. The van der Waals surface area contributed by atoms with Gasteiger partial charge in [0.05, 0.1) is 23.9 Å². The number of hydrogen-bond acceptors (Lipinski definition) is 5. The van der Waals surface area contributed by atoms with Crippen molar-refractivity contribution in [3.05, 3.63) is 97.7 Å². The molecule has 0 amide bonds. The van der Waals surface area contributed by atoms with Gasteiger partial charge in [-0.2, -0.15) is 0 Å². The van der Waals surface area contributed by atoms with Crippen molar-refractivity contribution in [2.75, 3.05) is 6.54 Å². The summed E-state index contributed by atoms with van der Waals surface area (Å²) < 4.78 is 0. The Hall–Kier alpha value is -3.21. The number of carbonyl (C=O) groups is 1. The van der Waals surface area contributed by atoms with Gasteiger partial charge in [-0.1, -0.05) is 116 Å². The Morgan fingerprint density at radius 1 is 1.11 bits per heavy atom. The van der Waals surface area contributed by atoms with E-state index in [1.54, 1.807) is 0 Å². The first-order valence-corrected chi connectivity index (χ1v) is 17.9. The molecular weight excluding hydrogens is 576 g/mol. The number of hydrogen-bond donors (Lipinski definition) is 3. The minimum atomic E-state index is -0.118. The van der Waals surface area contributed by atoms with Crippen LogP contribution in [-0.2, 0) is 4.79 Å². The van der Waals surface area contributed by atoms with E-state index in [1.807, 2.05) is 6.08 Å². The highest BCUT2D eigenvalue weighted by atomic mass is 16.1. The van der Waals surface area contributed by atoms with Gasteiger partial charge in [-0.3, -0.25) is 4.79 Å². The van der Waals surface area contributed by atoms with E-state index in [2.05, 4.69) is 127 Å². The molecule has 5 nitrogen and oxygen atoms in total. The maximum atomic E-state index is 11.7. The number of carbonyl (C=O) groups excluding carboxylic acids is 1. The summed E-state index contributed by atoms with van der Waals surface area (Å²) in [5.41, 5.74) is 5.35. The van der Waals surface area contributed by atoms with E-state index in [9.17, 15) is 4.79 Å². The topological polar surface area (TPSA) is 56.4 Å². The maximum absolute atomic E-state index is 11.7. The van der Waals surface area contributed by atoms with Crippen LogP contribution in [0.2, 0.25) is 0 Å². The standard InChI is InChI=1S/C42H66N4O/c1-15-18-33-22-32(17-3)23-34(24-33)39(45-31(9)44-37(41(10,11)12)21-20-27(4)5)30(8)46-25-35-38(42(35,13)14)40(46)29(7)43-36(19-16-2)28(6)26-47/h15,17-18,22,26,33-40,43-45H,3-4,6-9,16,19-21,23-25H2,1-2,5,10-14H3/b18-15-/t33?,34?,35-,36?,37?,38-,39?,40?/m0/s1. The Kier molecular flexibility index (Phi) is 12.8. The molecule has 0 aromatic heterocycles. The summed E-state index contributed by atoms with van der Waals surface area (Å²) >= 11 is 0. The number of likely N-dealkylation sites (tertiary alicyclic amines) is 1. The highest BCUT2D eigenvalue weighted by Gasteiger charge is 2.67. The van der Waals surface area contributed by atoms with Crippen LogP contribution in [0.4, 0.5) is 0 Å². The molecule has 6 unspecified atom stereocenters. The van der Waals surface area contributed by atoms with Crippen molar-refractivity contribution in [2.24, 2.45) is 34.5 Å². The van der Waals surface area contributed by atoms with Crippen LogP contribution in [0.15, 0.2) is 97.7 Å². The average Bonchev–Trinajstić information content (AvgIpc) is 3.31. The van der Waals surface area contributed by atoms with Crippen LogP contribution in [0.5, 0.6) is 0 Å². The molecule has 2 aliphatic carbocycles. The van der Waals surface area contributed by atoms with Crippen LogP contribution in [-0.4, -0.2) is 41.9 Å². The van der Waals surface area contributed by atoms with Gasteiger partial charge in [0, 0.05) is 29.6 Å². The molecule has 1 saturated heterocycles. The average molecular weight is 643 g/mol. The molecule has 0 aromatic rings. The second-order valence-electron chi connectivity index (χ2n) is 16.2. The lowest BCUT2D eigenvalue weighted by Gasteiger charge is -2.43. The SMILES string of the molecule is C=CC1=CC(/C=C\C)CC(C(NC(=C)NC(CCC(=C)C)C(C)(C)C)C(=C)N2C[C@H]3[C@@H](C2C(=C)NC(CCC)C(=C)C=O)C3(C)C)C1. The fourth-order valence-electron chi connectivity index (χ4n) is 8.15. The van der Waals surface area contributed by atoms with Gasteiger partial charge in [0.1, 0.15) is 6.29 Å². The number of allylic oxidation sites excluding steroid dienone is 6. The van der Waals surface area contributed by atoms with Gasteiger partial charge in [0.2, 0.25) is 0 Å². The van der Waals surface area contributed by atoms with Gasteiger partial charge in [0.25, 0.3) is 0 Å². The fraction of sp³-hybridized carbons (Fsp3) is 0.595.